The molecule has 1 heterocycles. The molecule has 1 saturated carbocycles. The number of hydrogen-bond donors (Lipinski definition) is 1. The van der Waals surface area contributed by atoms with Gasteiger partial charge in [-0.1, -0.05) is 0 Å². The molecule has 1 amide bonds. The van der Waals surface area contributed by atoms with E-state index < -0.39 is 6.61 Å². The van der Waals surface area contributed by atoms with Gasteiger partial charge in [0.25, 0.3) is 5.91 Å². The van der Waals surface area contributed by atoms with Crippen molar-refractivity contribution in [1.82, 2.24) is 9.78 Å². The van der Waals surface area contributed by atoms with Crippen molar-refractivity contribution in [2.75, 3.05) is 11.9 Å². The highest BCUT2D eigenvalue weighted by molar-refractivity contribution is 6.04. The number of benzene rings is 1. The van der Waals surface area contributed by atoms with Gasteiger partial charge in [0.1, 0.15) is 5.82 Å². The highest BCUT2D eigenvalue weighted by atomic mass is 19.3. The van der Waals surface area contributed by atoms with E-state index in [0.29, 0.717) is 11.7 Å². The number of carbonyl (C=O) groups excluding carboxylic acids is 1. The van der Waals surface area contributed by atoms with Crippen LogP contribution < -0.4 is 14.8 Å². The Morgan fingerprint density at radius 2 is 2.12 bits per heavy atom. The molecule has 1 aromatic heterocycles. The van der Waals surface area contributed by atoms with Gasteiger partial charge in [0.2, 0.25) is 0 Å². The number of amides is 1. The molecule has 0 spiro atoms. The van der Waals surface area contributed by atoms with E-state index in [0.717, 1.165) is 12.8 Å². The Labute approximate surface area is 150 Å². The molecule has 3 rings (SSSR count). The Morgan fingerprint density at radius 3 is 2.77 bits per heavy atom. The zero-order valence-corrected chi connectivity index (χ0v) is 14.6. The zero-order chi connectivity index (χ0) is 18.7. The van der Waals surface area contributed by atoms with Gasteiger partial charge in [-0.2, -0.15) is 13.9 Å². The number of nitrogens with zero attached hydrogens (tertiary/aromatic N) is 2. The minimum Gasteiger partial charge on any atom is -0.490 e. The number of hydrogen-bond acceptors (Lipinski definition) is 4. The summed E-state index contributed by atoms with van der Waals surface area (Å²) in [6.07, 6.45) is 3.97. The van der Waals surface area contributed by atoms with Crippen molar-refractivity contribution in [3.8, 4) is 11.5 Å². The molecule has 0 unspecified atom stereocenters. The van der Waals surface area contributed by atoms with Gasteiger partial charge in [-0.25, -0.2) is 4.68 Å². The molecule has 1 fully saturated rings. The summed E-state index contributed by atoms with van der Waals surface area (Å²) in [6.45, 7) is 1.09. The molecule has 0 radical (unpaired) electrons. The van der Waals surface area contributed by atoms with E-state index in [4.69, 9.17) is 4.74 Å². The molecule has 6 nitrogen and oxygen atoms in total. The fourth-order valence-corrected chi connectivity index (χ4v) is 2.82. The first kappa shape index (κ1) is 18.2. The zero-order valence-electron chi connectivity index (χ0n) is 14.6. The molecule has 1 N–H and O–H groups in total. The van der Waals surface area contributed by atoms with Gasteiger partial charge in [0.05, 0.1) is 18.8 Å². The van der Waals surface area contributed by atoms with Crippen molar-refractivity contribution in [2.24, 2.45) is 5.92 Å². The van der Waals surface area contributed by atoms with E-state index in [2.05, 4.69) is 22.1 Å². The molecule has 26 heavy (non-hydrogen) atoms. The topological polar surface area (TPSA) is 65.4 Å². The molecule has 0 bridgehead atoms. The second-order valence-electron chi connectivity index (χ2n) is 6.17. The monoisotopic (exact) mass is 365 g/mol. The molecular weight excluding hydrogens is 344 g/mol. The third kappa shape index (κ3) is 4.12. The molecule has 1 atom stereocenters. The van der Waals surface area contributed by atoms with Crippen LogP contribution in [0.5, 0.6) is 11.5 Å². The van der Waals surface area contributed by atoms with Crippen molar-refractivity contribution in [3.63, 3.8) is 0 Å². The number of alkyl halides is 2. The SMILES string of the molecule is CCOc1cc(C(=O)Nc2ccnn2[C@@H](C)C2CC2)ccc1OC(F)F. The van der Waals surface area contributed by atoms with Gasteiger partial charge in [0.15, 0.2) is 11.5 Å². The Bertz CT molecular complexity index is 775. The van der Waals surface area contributed by atoms with E-state index in [1.54, 1.807) is 23.9 Å². The summed E-state index contributed by atoms with van der Waals surface area (Å²) >= 11 is 0. The second-order valence-corrected chi connectivity index (χ2v) is 6.17. The van der Waals surface area contributed by atoms with Gasteiger partial charge in [-0.15, -0.1) is 0 Å². The van der Waals surface area contributed by atoms with Gasteiger partial charge in [0, 0.05) is 11.6 Å². The van der Waals surface area contributed by atoms with Crippen molar-refractivity contribution in [2.45, 2.75) is 39.3 Å². The molecular formula is C18H21F2N3O3. The number of anilines is 1. The van der Waals surface area contributed by atoms with Crippen molar-refractivity contribution in [1.29, 1.82) is 0 Å². The number of aromatic nitrogens is 2. The maximum absolute atomic E-state index is 12.6. The lowest BCUT2D eigenvalue weighted by Crippen LogP contribution is -2.18. The van der Waals surface area contributed by atoms with Crippen LogP contribution in [0.2, 0.25) is 0 Å². The Balaban J connectivity index is 1.77. The fraction of sp³-hybridized carbons (Fsp3) is 0.444. The molecule has 0 saturated heterocycles. The third-order valence-electron chi connectivity index (χ3n) is 4.32. The molecule has 1 aliphatic rings. The summed E-state index contributed by atoms with van der Waals surface area (Å²) in [4.78, 5) is 12.6. The van der Waals surface area contributed by atoms with Crippen molar-refractivity contribution in [3.05, 3.63) is 36.0 Å². The molecule has 1 aromatic carbocycles. The van der Waals surface area contributed by atoms with Crippen LogP contribution in [-0.4, -0.2) is 28.9 Å². The largest absolute Gasteiger partial charge is 0.490 e. The minimum atomic E-state index is -2.97. The minimum absolute atomic E-state index is 0.0975. The summed E-state index contributed by atoms with van der Waals surface area (Å²) in [5.74, 6) is 0.798. The maximum atomic E-state index is 12.6. The second kappa shape index (κ2) is 7.72. The first-order chi connectivity index (χ1) is 12.5. The predicted octanol–water partition coefficient (Wildman–Crippen LogP) is 4.11. The van der Waals surface area contributed by atoms with Crippen LogP contribution in [0.25, 0.3) is 0 Å². The standard InChI is InChI=1S/C18H21F2N3O3/c1-3-25-15-10-13(6-7-14(15)26-18(19)20)17(24)22-16-8-9-21-23(16)11(2)12-4-5-12/h6-12,18H,3-5H2,1-2H3,(H,22,24)/t11-/m0/s1. The predicted molar refractivity (Wildman–Crippen MR) is 91.9 cm³/mol. The number of nitrogens with one attached hydrogen (secondary N) is 1. The van der Waals surface area contributed by atoms with Gasteiger partial charge < -0.3 is 14.8 Å². The number of rotatable bonds is 8. The van der Waals surface area contributed by atoms with Crippen LogP contribution in [0, 0.1) is 5.92 Å². The summed E-state index contributed by atoms with van der Waals surface area (Å²) in [5.41, 5.74) is 0.280. The highest BCUT2D eigenvalue weighted by Crippen LogP contribution is 2.40. The van der Waals surface area contributed by atoms with E-state index in [9.17, 15) is 13.6 Å². The average molecular weight is 365 g/mol. The maximum Gasteiger partial charge on any atom is 0.387 e. The Kier molecular flexibility index (Phi) is 5.39. The lowest BCUT2D eigenvalue weighted by atomic mass is 10.2. The normalized spacial score (nSPS) is 15.0. The van der Waals surface area contributed by atoms with E-state index >= 15 is 0 Å². The molecule has 0 aliphatic heterocycles. The summed E-state index contributed by atoms with van der Waals surface area (Å²) in [7, 11) is 0. The highest BCUT2D eigenvalue weighted by Gasteiger charge is 2.30. The number of ether oxygens (including phenoxy) is 2. The number of halogens is 2. The third-order valence-corrected chi connectivity index (χ3v) is 4.32. The summed E-state index contributed by atoms with van der Waals surface area (Å²) < 4.78 is 36.5. The van der Waals surface area contributed by atoms with Crippen LogP contribution in [0.15, 0.2) is 30.5 Å². The van der Waals surface area contributed by atoms with E-state index in [-0.39, 0.29) is 35.6 Å². The molecule has 2 aromatic rings. The molecule has 140 valence electrons. The Morgan fingerprint density at radius 1 is 1.35 bits per heavy atom. The summed E-state index contributed by atoms with van der Waals surface area (Å²) in [6, 6.07) is 6.05. The Hall–Kier alpha value is -2.64. The van der Waals surface area contributed by atoms with Crippen molar-refractivity contribution < 1.29 is 23.0 Å². The van der Waals surface area contributed by atoms with Crippen LogP contribution in [0.3, 0.4) is 0 Å². The average Bonchev–Trinajstić information content (AvgIpc) is 3.35. The van der Waals surface area contributed by atoms with Crippen LogP contribution in [0.1, 0.15) is 43.1 Å². The van der Waals surface area contributed by atoms with Gasteiger partial charge in [-0.3, -0.25) is 4.79 Å². The van der Waals surface area contributed by atoms with Crippen molar-refractivity contribution >= 4 is 11.7 Å². The lowest BCUT2D eigenvalue weighted by Gasteiger charge is -2.16. The smallest absolute Gasteiger partial charge is 0.387 e. The first-order valence-corrected chi connectivity index (χ1v) is 8.56. The van der Waals surface area contributed by atoms with Gasteiger partial charge in [-0.05, 0) is 50.8 Å². The van der Waals surface area contributed by atoms with E-state index in [1.807, 2.05) is 0 Å². The first-order valence-electron chi connectivity index (χ1n) is 8.56. The quantitative estimate of drug-likeness (QED) is 0.765. The molecule has 8 heteroatoms. The van der Waals surface area contributed by atoms with Crippen LogP contribution in [-0.2, 0) is 0 Å². The van der Waals surface area contributed by atoms with Gasteiger partial charge >= 0.3 is 6.61 Å². The molecule has 1 aliphatic carbocycles. The van der Waals surface area contributed by atoms with Crippen LogP contribution in [0.4, 0.5) is 14.6 Å². The van der Waals surface area contributed by atoms with Crippen LogP contribution >= 0.6 is 0 Å². The summed E-state index contributed by atoms with van der Waals surface area (Å²) in [5, 5.41) is 7.11. The lowest BCUT2D eigenvalue weighted by molar-refractivity contribution is -0.0514. The number of carbonyl (C=O) groups is 1. The fourth-order valence-electron chi connectivity index (χ4n) is 2.82. The van der Waals surface area contributed by atoms with E-state index in [1.165, 1.54) is 18.2 Å².